The zero-order chi connectivity index (χ0) is 23.5. The van der Waals surface area contributed by atoms with Crippen molar-refractivity contribution in [3.05, 3.63) is 83.4 Å². The normalized spacial score (nSPS) is 12.1. The van der Waals surface area contributed by atoms with E-state index in [1.807, 2.05) is 53.1 Å². The van der Waals surface area contributed by atoms with E-state index < -0.39 is 0 Å². The summed E-state index contributed by atoms with van der Waals surface area (Å²) in [7, 11) is 0. The van der Waals surface area contributed by atoms with Gasteiger partial charge in [0.25, 0.3) is 0 Å². The third kappa shape index (κ3) is 4.63. The van der Waals surface area contributed by atoms with Crippen LogP contribution in [0.4, 0.5) is 0 Å². The van der Waals surface area contributed by atoms with Crippen LogP contribution in [0.1, 0.15) is 16.7 Å². The number of carbonyl (C=O) groups excluding carboxylic acids is 1. The fourth-order valence-electron chi connectivity index (χ4n) is 3.67. The van der Waals surface area contributed by atoms with Crippen molar-refractivity contribution >= 4 is 17.7 Å². The Morgan fingerprint density at radius 2 is 1.79 bits per heavy atom. The number of hydrogen-bond acceptors (Lipinski definition) is 6. The largest absolute Gasteiger partial charge is 0.454 e. The molecule has 3 aromatic carbocycles. The number of aryl methyl sites for hydroxylation is 2. The Hall–Kier alpha value is -3.78. The summed E-state index contributed by atoms with van der Waals surface area (Å²) in [6, 6.07) is 21.9. The van der Waals surface area contributed by atoms with Gasteiger partial charge in [0.05, 0.1) is 11.4 Å². The molecule has 2 heterocycles. The fourth-order valence-corrected chi connectivity index (χ4v) is 4.45. The maximum absolute atomic E-state index is 12.6. The molecule has 1 amide bonds. The van der Waals surface area contributed by atoms with Crippen molar-refractivity contribution in [1.29, 1.82) is 0 Å². The predicted octanol–water partition coefficient (Wildman–Crippen LogP) is 4.69. The lowest BCUT2D eigenvalue weighted by Gasteiger charge is -2.12. The van der Waals surface area contributed by atoms with Crippen molar-refractivity contribution in [1.82, 2.24) is 20.1 Å². The lowest BCUT2D eigenvalue weighted by Crippen LogP contribution is -2.24. The van der Waals surface area contributed by atoms with Gasteiger partial charge in [-0.15, -0.1) is 10.2 Å². The van der Waals surface area contributed by atoms with Crippen LogP contribution in [0.15, 0.2) is 71.9 Å². The Morgan fingerprint density at radius 3 is 2.62 bits per heavy atom. The van der Waals surface area contributed by atoms with Crippen molar-refractivity contribution in [2.75, 3.05) is 12.5 Å². The number of fused-ring (bicyclic) bond motifs is 1. The first kappa shape index (κ1) is 22.0. The highest BCUT2D eigenvalue weighted by atomic mass is 32.2. The van der Waals surface area contributed by atoms with Crippen LogP contribution in [0.2, 0.25) is 0 Å². The molecule has 1 aliphatic heterocycles. The SMILES string of the molecule is Cc1ccc(-n2c(SCC(=O)NCc3ccc4c(c3)OCO4)nnc2-c2ccccc2)cc1C. The summed E-state index contributed by atoms with van der Waals surface area (Å²) in [5, 5.41) is 12.5. The van der Waals surface area contributed by atoms with Gasteiger partial charge >= 0.3 is 0 Å². The van der Waals surface area contributed by atoms with E-state index in [1.165, 1.54) is 22.9 Å². The number of aromatic nitrogens is 3. The predicted molar refractivity (Wildman–Crippen MR) is 131 cm³/mol. The molecule has 0 saturated heterocycles. The van der Waals surface area contributed by atoms with Crippen LogP contribution in [0.5, 0.6) is 11.5 Å². The molecule has 34 heavy (non-hydrogen) atoms. The van der Waals surface area contributed by atoms with Gasteiger partial charge in [-0.25, -0.2) is 0 Å². The first-order valence-electron chi connectivity index (χ1n) is 10.9. The van der Waals surface area contributed by atoms with E-state index in [4.69, 9.17) is 9.47 Å². The zero-order valence-corrected chi connectivity index (χ0v) is 19.8. The van der Waals surface area contributed by atoms with Gasteiger partial charge in [0.1, 0.15) is 0 Å². The van der Waals surface area contributed by atoms with Crippen LogP contribution in [-0.4, -0.2) is 33.2 Å². The maximum Gasteiger partial charge on any atom is 0.231 e. The van der Waals surface area contributed by atoms with Crippen molar-refractivity contribution in [2.45, 2.75) is 25.5 Å². The molecule has 0 bridgehead atoms. The molecular weight excluding hydrogens is 448 g/mol. The Bertz CT molecular complexity index is 1340. The van der Waals surface area contributed by atoms with Crippen molar-refractivity contribution in [3.8, 4) is 28.6 Å². The van der Waals surface area contributed by atoms with Gasteiger partial charge < -0.3 is 14.8 Å². The van der Waals surface area contributed by atoms with E-state index in [1.54, 1.807) is 0 Å². The monoisotopic (exact) mass is 472 g/mol. The second kappa shape index (κ2) is 9.61. The van der Waals surface area contributed by atoms with Crippen LogP contribution < -0.4 is 14.8 Å². The quantitative estimate of drug-likeness (QED) is 0.393. The first-order chi connectivity index (χ1) is 16.6. The second-order valence-corrected chi connectivity index (χ2v) is 8.97. The highest BCUT2D eigenvalue weighted by molar-refractivity contribution is 7.99. The number of rotatable bonds is 7. The molecule has 8 heteroatoms. The van der Waals surface area contributed by atoms with Gasteiger partial charge in [0, 0.05) is 12.1 Å². The molecule has 0 aliphatic carbocycles. The van der Waals surface area contributed by atoms with Gasteiger partial charge in [0.2, 0.25) is 12.7 Å². The summed E-state index contributed by atoms with van der Waals surface area (Å²) < 4.78 is 12.7. The minimum atomic E-state index is -0.0847. The maximum atomic E-state index is 12.6. The van der Waals surface area contributed by atoms with Gasteiger partial charge in [-0.1, -0.05) is 54.2 Å². The third-order valence-corrected chi connectivity index (χ3v) is 6.60. The minimum absolute atomic E-state index is 0.0847. The Kier molecular flexibility index (Phi) is 6.22. The van der Waals surface area contributed by atoms with Crippen LogP contribution in [0.3, 0.4) is 0 Å². The number of thioether (sulfide) groups is 1. The number of benzene rings is 3. The van der Waals surface area contributed by atoms with Gasteiger partial charge in [0.15, 0.2) is 22.5 Å². The average Bonchev–Trinajstić information content (AvgIpc) is 3.50. The van der Waals surface area contributed by atoms with Crippen molar-refractivity contribution in [3.63, 3.8) is 0 Å². The summed E-state index contributed by atoms with van der Waals surface area (Å²) in [5.41, 5.74) is 5.28. The summed E-state index contributed by atoms with van der Waals surface area (Å²) in [6.07, 6.45) is 0. The Morgan fingerprint density at radius 1 is 0.971 bits per heavy atom. The van der Waals surface area contributed by atoms with E-state index in [2.05, 4.69) is 47.6 Å². The molecule has 5 rings (SSSR count). The Balaban J connectivity index is 1.32. The molecule has 4 aromatic rings. The summed E-state index contributed by atoms with van der Waals surface area (Å²) in [6.45, 7) is 4.81. The zero-order valence-electron chi connectivity index (χ0n) is 18.9. The molecule has 1 aliphatic rings. The fraction of sp³-hybridized carbons (Fsp3) is 0.192. The number of nitrogens with zero attached hydrogens (tertiary/aromatic N) is 3. The summed E-state index contributed by atoms with van der Waals surface area (Å²) in [5.74, 6) is 2.31. The molecule has 0 spiro atoms. The summed E-state index contributed by atoms with van der Waals surface area (Å²) in [4.78, 5) is 12.6. The van der Waals surface area contributed by atoms with Crippen molar-refractivity contribution < 1.29 is 14.3 Å². The van der Waals surface area contributed by atoms with E-state index in [9.17, 15) is 4.79 Å². The van der Waals surface area contributed by atoms with Crippen LogP contribution in [0, 0.1) is 13.8 Å². The molecule has 1 aromatic heterocycles. The van der Waals surface area contributed by atoms with Gasteiger partial charge in [-0.2, -0.15) is 0 Å². The smallest absolute Gasteiger partial charge is 0.231 e. The highest BCUT2D eigenvalue weighted by Gasteiger charge is 2.18. The van der Waals surface area contributed by atoms with E-state index in [-0.39, 0.29) is 18.5 Å². The number of nitrogens with one attached hydrogen (secondary N) is 1. The second-order valence-electron chi connectivity index (χ2n) is 8.03. The molecular formula is C26H24N4O3S. The molecule has 7 nitrogen and oxygen atoms in total. The molecule has 1 N–H and O–H groups in total. The molecule has 0 atom stereocenters. The number of carbonyl (C=O) groups is 1. The van der Waals surface area contributed by atoms with Crippen LogP contribution >= 0.6 is 11.8 Å². The van der Waals surface area contributed by atoms with E-state index in [0.717, 1.165) is 28.4 Å². The standard InChI is InChI=1S/C26H24N4O3S/c1-17-8-10-21(12-18(17)2)30-25(20-6-4-3-5-7-20)28-29-26(30)34-15-24(31)27-14-19-9-11-22-23(13-19)33-16-32-22/h3-13H,14-16H2,1-2H3,(H,27,31). The molecule has 0 fully saturated rings. The molecule has 172 valence electrons. The molecule has 0 radical (unpaired) electrons. The third-order valence-electron chi connectivity index (χ3n) is 5.67. The average molecular weight is 473 g/mol. The van der Waals surface area contributed by atoms with Crippen LogP contribution in [-0.2, 0) is 11.3 Å². The highest BCUT2D eigenvalue weighted by Crippen LogP contribution is 2.32. The first-order valence-corrected chi connectivity index (χ1v) is 11.9. The van der Waals surface area contributed by atoms with Gasteiger partial charge in [-0.05, 0) is 54.8 Å². The lowest BCUT2D eigenvalue weighted by molar-refractivity contribution is -0.118. The topological polar surface area (TPSA) is 78.3 Å². The van der Waals surface area contributed by atoms with Gasteiger partial charge in [-0.3, -0.25) is 9.36 Å². The van der Waals surface area contributed by atoms with E-state index in [0.29, 0.717) is 17.5 Å². The number of amides is 1. The molecule has 0 unspecified atom stereocenters. The summed E-state index contributed by atoms with van der Waals surface area (Å²) >= 11 is 1.36. The van der Waals surface area contributed by atoms with Crippen LogP contribution in [0.25, 0.3) is 17.1 Å². The number of hydrogen-bond donors (Lipinski definition) is 1. The molecule has 0 saturated carbocycles. The van der Waals surface area contributed by atoms with Crippen molar-refractivity contribution in [2.24, 2.45) is 0 Å². The lowest BCUT2D eigenvalue weighted by atomic mass is 10.1. The number of ether oxygens (including phenoxy) is 2. The minimum Gasteiger partial charge on any atom is -0.454 e. The Labute approximate surface area is 202 Å². The van der Waals surface area contributed by atoms with E-state index >= 15 is 0 Å².